The number of hydrogen-bond donors (Lipinski definition) is 1. The molecule has 112 valence electrons. The number of carboxylic acids is 1. The van der Waals surface area contributed by atoms with Gasteiger partial charge in [-0.15, -0.1) is 0 Å². The number of rotatable bonds is 8. The highest BCUT2D eigenvalue weighted by atomic mass is 32.2. The van der Waals surface area contributed by atoms with Gasteiger partial charge in [0.15, 0.2) is 0 Å². The third-order valence-corrected chi connectivity index (χ3v) is 4.98. The first kappa shape index (κ1) is 16.6. The van der Waals surface area contributed by atoms with Crippen LogP contribution in [0.15, 0.2) is 24.3 Å². The molecule has 0 aromatic heterocycles. The van der Waals surface area contributed by atoms with Crippen molar-refractivity contribution >= 4 is 15.8 Å². The first-order valence-electron chi connectivity index (χ1n) is 6.51. The summed E-state index contributed by atoms with van der Waals surface area (Å²) in [6.07, 6.45) is 0.905. The van der Waals surface area contributed by atoms with E-state index in [0.717, 1.165) is 5.56 Å². The van der Waals surface area contributed by atoms with Crippen molar-refractivity contribution in [2.24, 2.45) is 5.92 Å². The Labute approximate surface area is 118 Å². The summed E-state index contributed by atoms with van der Waals surface area (Å²) in [5, 5.41) is 9.15. The van der Waals surface area contributed by atoms with E-state index in [4.69, 9.17) is 5.11 Å². The van der Waals surface area contributed by atoms with Gasteiger partial charge in [-0.3, -0.25) is 4.79 Å². The van der Waals surface area contributed by atoms with Crippen molar-refractivity contribution in [2.45, 2.75) is 26.2 Å². The van der Waals surface area contributed by atoms with E-state index in [9.17, 15) is 17.6 Å². The molecule has 0 aliphatic carbocycles. The lowest BCUT2D eigenvalue weighted by Gasteiger charge is -2.12. The fourth-order valence-corrected chi connectivity index (χ4v) is 2.81. The summed E-state index contributed by atoms with van der Waals surface area (Å²) < 4.78 is 35.5. The van der Waals surface area contributed by atoms with Crippen molar-refractivity contribution in [3.63, 3.8) is 0 Å². The van der Waals surface area contributed by atoms with E-state index >= 15 is 0 Å². The van der Waals surface area contributed by atoms with Crippen LogP contribution < -0.4 is 0 Å². The lowest BCUT2D eigenvalue weighted by Crippen LogP contribution is -2.18. The number of carboxylic acid groups (broad SMARTS) is 1. The number of sulfone groups is 1. The molecule has 0 fully saturated rings. The van der Waals surface area contributed by atoms with Gasteiger partial charge in [-0.2, -0.15) is 0 Å². The van der Waals surface area contributed by atoms with Crippen LogP contribution >= 0.6 is 0 Å². The minimum atomic E-state index is -3.06. The van der Waals surface area contributed by atoms with Crippen molar-refractivity contribution in [3.8, 4) is 0 Å². The highest BCUT2D eigenvalue weighted by molar-refractivity contribution is 7.91. The predicted molar refractivity (Wildman–Crippen MR) is 74.8 cm³/mol. The molecule has 0 radical (unpaired) electrons. The van der Waals surface area contributed by atoms with Crippen molar-refractivity contribution in [1.29, 1.82) is 0 Å². The first-order valence-corrected chi connectivity index (χ1v) is 8.34. The van der Waals surface area contributed by atoms with Gasteiger partial charge in [-0.25, -0.2) is 12.8 Å². The Morgan fingerprint density at radius 3 is 2.40 bits per heavy atom. The van der Waals surface area contributed by atoms with E-state index in [1.54, 1.807) is 19.1 Å². The average molecular weight is 302 g/mol. The van der Waals surface area contributed by atoms with Crippen molar-refractivity contribution < 1.29 is 22.7 Å². The van der Waals surface area contributed by atoms with Crippen LogP contribution in [0.2, 0.25) is 0 Å². The molecule has 0 aliphatic heterocycles. The number of benzene rings is 1. The van der Waals surface area contributed by atoms with Gasteiger partial charge >= 0.3 is 5.97 Å². The molecule has 1 N–H and O–H groups in total. The molecule has 1 rings (SSSR count). The lowest BCUT2D eigenvalue weighted by molar-refractivity contribution is -0.141. The molecule has 0 aliphatic rings. The molecular formula is C14H19FO4S. The normalized spacial score (nSPS) is 13.1. The number of hydrogen-bond acceptors (Lipinski definition) is 3. The zero-order chi connectivity index (χ0) is 15.2. The Balaban J connectivity index is 2.57. The lowest BCUT2D eigenvalue weighted by atomic mass is 9.95. The maximum absolute atomic E-state index is 12.8. The molecule has 20 heavy (non-hydrogen) atoms. The molecule has 1 aromatic carbocycles. The molecule has 0 spiro atoms. The molecule has 6 heteroatoms. The van der Waals surface area contributed by atoms with E-state index < -0.39 is 21.7 Å². The summed E-state index contributed by atoms with van der Waals surface area (Å²) in [6.45, 7) is 1.57. The van der Waals surface area contributed by atoms with Crippen LogP contribution in [0.5, 0.6) is 0 Å². The van der Waals surface area contributed by atoms with Crippen LogP contribution in [0.4, 0.5) is 4.39 Å². The summed E-state index contributed by atoms with van der Waals surface area (Å²) in [6, 6.07) is 5.67. The van der Waals surface area contributed by atoms with Gasteiger partial charge in [0, 0.05) is 5.75 Å². The second-order valence-corrected chi connectivity index (χ2v) is 7.22. The second kappa shape index (κ2) is 7.38. The largest absolute Gasteiger partial charge is 0.481 e. The van der Waals surface area contributed by atoms with Crippen molar-refractivity contribution in [3.05, 3.63) is 35.6 Å². The van der Waals surface area contributed by atoms with E-state index in [0.29, 0.717) is 12.8 Å². The maximum atomic E-state index is 12.8. The molecule has 0 saturated heterocycles. The second-order valence-electron chi connectivity index (χ2n) is 4.74. The summed E-state index contributed by atoms with van der Waals surface area (Å²) in [4.78, 5) is 11.2. The summed E-state index contributed by atoms with van der Waals surface area (Å²) in [5.41, 5.74) is 0.733. The molecule has 0 bridgehead atoms. The van der Waals surface area contributed by atoms with Gasteiger partial charge < -0.3 is 5.11 Å². The zero-order valence-electron chi connectivity index (χ0n) is 11.4. The molecule has 1 unspecified atom stereocenters. The fraction of sp³-hybridized carbons (Fsp3) is 0.500. The number of aliphatic carboxylic acids is 1. The Morgan fingerprint density at radius 1 is 1.30 bits per heavy atom. The van der Waals surface area contributed by atoms with Crippen molar-refractivity contribution in [1.82, 2.24) is 0 Å². The number of halogens is 1. The van der Waals surface area contributed by atoms with Crippen LogP contribution in [-0.4, -0.2) is 31.0 Å². The highest BCUT2D eigenvalue weighted by Crippen LogP contribution is 2.16. The maximum Gasteiger partial charge on any atom is 0.306 e. The molecular weight excluding hydrogens is 283 g/mol. The molecule has 1 atom stereocenters. The summed E-state index contributed by atoms with van der Waals surface area (Å²) in [7, 11) is -3.06. The minimum Gasteiger partial charge on any atom is -0.481 e. The molecule has 1 aromatic rings. The van der Waals surface area contributed by atoms with Gasteiger partial charge in [0.2, 0.25) is 0 Å². The van der Waals surface area contributed by atoms with Crippen LogP contribution in [0.3, 0.4) is 0 Å². The third kappa shape index (κ3) is 5.69. The smallest absolute Gasteiger partial charge is 0.306 e. The zero-order valence-corrected chi connectivity index (χ0v) is 12.2. The molecule has 0 amide bonds. The van der Waals surface area contributed by atoms with Gasteiger partial charge in [-0.1, -0.05) is 19.1 Å². The average Bonchev–Trinajstić information content (AvgIpc) is 2.39. The monoisotopic (exact) mass is 302 g/mol. The number of carbonyl (C=O) groups is 1. The predicted octanol–water partition coefficient (Wildman–Crippen LogP) is 2.28. The quantitative estimate of drug-likeness (QED) is 0.799. The fourth-order valence-electron chi connectivity index (χ4n) is 1.91. The van der Waals surface area contributed by atoms with E-state index in [1.807, 2.05) is 0 Å². The van der Waals surface area contributed by atoms with Crippen molar-refractivity contribution in [2.75, 3.05) is 11.5 Å². The van der Waals surface area contributed by atoms with Crippen LogP contribution in [0.25, 0.3) is 0 Å². The van der Waals surface area contributed by atoms with Crippen LogP contribution in [0, 0.1) is 11.7 Å². The van der Waals surface area contributed by atoms with Crippen LogP contribution in [0.1, 0.15) is 25.3 Å². The Kier molecular flexibility index (Phi) is 6.13. The molecule has 4 nitrogen and oxygen atoms in total. The van der Waals surface area contributed by atoms with E-state index in [-0.39, 0.29) is 23.7 Å². The van der Waals surface area contributed by atoms with Gasteiger partial charge in [-0.05, 0) is 37.0 Å². The third-order valence-electron chi connectivity index (χ3n) is 3.19. The van der Waals surface area contributed by atoms with Crippen LogP contribution in [-0.2, 0) is 21.1 Å². The van der Waals surface area contributed by atoms with Gasteiger partial charge in [0.05, 0.1) is 11.7 Å². The van der Waals surface area contributed by atoms with E-state index in [1.165, 1.54) is 12.1 Å². The molecule has 0 heterocycles. The topological polar surface area (TPSA) is 71.4 Å². The molecule has 0 saturated carbocycles. The summed E-state index contributed by atoms with van der Waals surface area (Å²) >= 11 is 0. The Bertz CT molecular complexity index is 537. The Hall–Kier alpha value is -1.43. The Morgan fingerprint density at radius 2 is 1.90 bits per heavy atom. The summed E-state index contributed by atoms with van der Waals surface area (Å²) in [5.74, 6) is -1.88. The highest BCUT2D eigenvalue weighted by Gasteiger charge is 2.19. The van der Waals surface area contributed by atoms with Gasteiger partial charge in [0.1, 0.15) is 15.7 Å². The minimum absolute atomic E-state index is 0.0106. The van der Waals surface area contributed by atoms with E-state index in [2.05, 4.69) is 0 Å². The van der Waals surface area contributed by atoms with Gasteiger partial charge in [0.25, 0.3) is 0 Å². The first-order chi connectivity index (χ1) is 9.34. The standard InChI is InChI=1S/C14H19FO4S/c1-2-20(18,19)9-3-4-12(14(16)17)10-11-5-7-13(15)8-6-11/h5-8,12H,2-4,9-10H2,1H3,(H,16,17). The SMILES string of the molecule is CCS(=O)(=O)CCCC(Cc1ccc(F)cc1)C(=O)O.